The van der Waals surface area contributed by atoms with Crippen molar-refractivity contribution < 1.29 is 19.4 Å². The third kappa shape index (κ3) is 4.69. The number of esters is 1. The SMILES string of the molecule is CC(=O)O[C@@H](C1C[C@@H](C)C(C(C)C)C(C(C)C)O1)C(C)(C)O. The van der Waals surface area contributed by atoms with Gasteiger partial charge < -0.3 is 14.6 Å². The van der Waals surface area contributed by atoms with E-state index in [4.69, 9.17) is 9.47 Å². The van der Waals surface area contributed by atoms with E-state index in [1.54, 1.807) is 13.8 Å². The van der Waals surface area contributed by atoms with E-state index in [2.05, 4.69) is 34.6 Å². The summed E-state index contributed by atoms with van der Waals surface area (Å²) >= 11 is 0. The van der Waals surface area contributed by atoms with Crippen molar-refractivity contribution in [2.75, 3.05) is 0 Å². The van der Waals surface area contributed by atoms with E-state index in [0.717, 1.165) is 6.42 Å². The van der Waals surface area contributed by atoms with Crippen LogP contribution in [0.15, 0.2) is 0 Å². The fourth-order valence-electron chi connectivity index (χ4n) is 3.88. The standard InChI is InChI=1S/C18H34O4/c1-10(2)15-12(5)9-14(22-16(15)11(3)4)17(18(7,8)20)21-13(6)19/h10-12,14-17,20H,9H2,1-8H3/t12-,14?,15?,16?,17+/m1/s1. The highest BCUT2D eigenvalue weighted by Gasteiger charge is 2.46. The Bertz CT molecular complexity index is 370. The Labute approximate surface area is 135 Å². The molecule has 0 aromatic carbocycles. The summed E-state index contributed by atoms with van der Waals surface area (Å²) in [6.07, 6.45) is 0.0193. The first-order valence-corrected chi connectivity index (χ1v) is 8.50. The molecule has 5 atom stereocenters. The first-order valence-electron chi connectivity index (χ1n) is 8.50. The molecule has 0 aliphatic carbocycles. The van der Waals surface area contributed by atoms with Crippen molar-refractivity contribution >= 4 is 5.97 Å². The summed E-state index contributed by atoms with van der Waals surface area (Å²) in [5.74, 6) is 1.49. The molecule has 1 aliphatic rings. The molecule has 0 aromatic heterocycles. The first-order chi connectivity index (χ1) is 9.95. The van der Waals surface area contributed by atoms with E-state index in [9.17, 15) is 9.90 Å². The van der Waals surface area contributed by atoms with Crippen molar-refractivity contribution in [1.82, 2.24) is 0 Å². The Morgan fingerprint density at radius 1 is 1.23 bits per heavy atom. The van der Waals surface area contributed by atoms with Crippen LogP contribution in [-0.2, 0) is 14.3 Å². The van der Waals surface area contributed by atoms with E-state index >= 15 is 0 Å². The molecule has 1 heterocycles. The smallest absolute Gasteiger partial charge is 0.303 e. The maximum atomic E-state index is 11.4. The number of ether oxygens (including phenoxy) is 2. The average molecular weight is 314 g/mol. The summed E-state index contributed by atoms with van der Waals surface area (Å²) in [4.78, 5) is 11.4. The van der Waals surface area contributed by atoms with Gasteiger partial charge >= 0.3 is 5.97 Å². The van der Waals surface area contributed by atoms with Gasteiger partial charge in [0.05, 0.1) is 17.8 Å². The van der Waals surface area contributed by atoms with E-state index < -0.39 is 11.7 Å². The molecule has 0 amide bonds. The van der Waals surface area contributed by atoms with E-state index in [1.165, 1.54) is 6.92 Å². The summed E-state index contributed by atoms with van der Waals surface area (Å²) in [5, 5.41) is 10.4. The first kappa shape index (κ1) is 19.4. The number of hydrogen-bond acceptors (Lipinski definition) is 4. The van der Waals surface area contributed by atoms with Crippen molar-refractivity contribution in [2.24, 2.45) is 23.7 Å². The monoisotopic (exact) mass is 314 g/mol. The van der Waals surface area contributed by atoms with Crippen LogP contribution < -0.4 is 0 Å². The Hall–Kier alpha value is -0.610. The van der Waals surface area contributed by atoms with Crippen LogP contribution in [0.2, 0.25) is 0 Å². The van der Waals surface area contributed by atoms with Crippen LogP contribution >= 0.6 is 0 Å². The topological polar surface area (TPSA) is 55.8 Å². The van der Waals surface area contributed by atoms with Gasteiger partial charge in [0.1, 0.15) is 0 Å². The van der Waals surface area contributed by atoms with Crippen LogP contribution in [0.3, 0.4) is 0 Å². The normalized spacial score (nSPS) is 31.4. The molecule has 0 bridgehead atoms. The lowest BCUT2D eigenvalue weighted by atomic mass is 9.71. The average Bonchev–Trinajstić information content (AvgIpc) is 2.32. The van der Waals surface area contributed by atoms with Crippen molar-refractivity contribution in [1.29, 1.82) is 0 Å². The van der Waals surface area contributed by atoms with Crippen molar-refractivity contribution in [3.63, 3.8) is 0 Å². The van der Waals surface area contributed by atoms with Crippen LogP contribution in [0.25, 0.3) is 0 Å². The molecule has 1 aliphatic heterocycles. The summed E-state index contributed by atoms with van der Waals surface area (Å²) in [6.45, 7) is 15.8. The molecule has 0 aromatic rings. The van der Waals surface area contributed by atoms with Crippen LogP contribution in [0.1, 0.15) is 61.8 Å². The van der Waals surface area contributed by atoms with Gasteiger partial charge in [0.25, 0.3) is 0 Å². The highest BCUT2D eigenvalue weighted by molar-refractivity contribution is 5.66. The van der Waals surface area contributed by atoms with Gasteiger partial charge in [-0.3, -0.25) is 4.79 Å². The molecule has 0 spiro atoms. The van der Waals surface area contributed by atoms with Gasteiger partial charge in [-0.2, -0.15) is 0 Å². The maximum absolute atomic E-state index is 11.4. The summed E-state index contributed by atoms with van der Waals surface area (Å²) in [7, 11) is 0. The fourth-order valence-corrected chi connectivity index (χ4v) is 3.88. The molecule has 3 unspecified atom stereocenters. The van der Waals surface area contributed by atoms with Gasteiger partial charge in [-0.25, -0.2) is 0 Å². The molecule has 1 saturated heterocycles. The van der Waals surface area contributed by atoms with Crippen LogP contribution in [-0.4, -0.2) is 35.0 Å². The van der Waals surface area contributed by atoms with Gasteiger partial charge in [0, 0.05) is 6.92 Å². The molecule has 22 heavy (non-hydrogen) atoms. The lowest BCUT2D eigenvalue weighted by Crippen LogP contribution is -2.55. The highest BCUT2D eigenvalue weighted by atomic mass is 16.6. The van der Waals surface area contributed by atoms with Crippen LogP contribution in [0.4, 0.5) is 0 Å². The Morgan fingerprint density at radius 2 is 1.77 bits per heavy atom. The zero-order chi connectivity index (χ0) is 17.2. The predicted molar refractivity (Wildman–Crippen MR) is 87.5 cm³/mol. The lowest BCUT2D eigenvalue weighted by Gasteiger charge is -2.48. The van der Waals surface area contributed by atoms with Crippen molar-refractivity contribution in [3.8, 4) is 0 Å². The predicted octanol–water partition coefficient (Wildman–Crippen LogP) is 3.41. The van der Waals surface area contributed by atoms with Gasteiger partial charge in [0.2, 0.25) is 0 Å². The molecular weight excluding hydrogens is 280 g/mol. The van der Waals surface area contributed by atoms with Crippen molar-refractivity contribution in [3.05, 3.63) is 0 Å². The second-order valence-electron chi connectivity index (χ2n) is 8.10. The second-order valence-corrected chi connectivity index (χ2v) is 8.10. The van der Waals surface area contributed by atoms with E-state index in [1.807, 2.05) is 0 Å². The molecule has 4 nitrogen and oxygen atoms in total. The Balaban J connectivity index is 3.03. The third-order valence-electron chi connectivity index (χ3n) is 4.73. The van der Waals surface area contributed by atoms with Crippen molar-refractivity contribution in [2.45, 2.75) is 85.7 Å². The highest BCUT2D eigenvalue weighted by Crippen LogP contribution is 2.41. The zero-order valence-corrected chi connectivity index (χ0v) is 15.4. The zero-order valence-electron chi connectivity index (χ0n) is 15.4. The Morgan fingerprint density at radius 3 is 2.14 bits per heavy atom. The fraction of sp³-hybridized carbons (Fsp3) is 0.944. The van der Waals surface area contributed by atoms with Gasteiger partial charge in [-0.05, 0) is 43.9 Å². The number of rotatable bonds is 5. The van der Waals surface area contributed by atoms with Gasteiger partial charge in [-0.1, -0.05) is 34.6 Å². The number of carbonyl (C=O) groups is 1. The van der Waals surface area contributed by atoms with E-state index in [0.29, 0.717) is 23.7 Å². The second kappa shape index (κ2) is 7.31. The minimum atomic E-state index is -1.12. The summed E-state index contributed by atoms with van der Waals surface area (Å²) < 4.78 is 11.8. The summed E-state index contributed by atoms with van der Waals surface area (Å²) in [6, 6.07) is 0. The molecule has 130 valence electrons. The number of aliphatic hydroxyl groups is 1. The lowest BCUT2D eigenvalue weighted by molar-refractivity contribution is -0.216. The maximum Gasteiger partial charge on any atom is 0.303 e. The molecule has 1 rings (SSSR count). The van der Waals surface area contributed by atoms with Gasteiger partial charge in [0.15, 0.2) is 6.10 Å². The number of carbonyl (C=O) groups excluding carboxylic acids is 1. The minimum absolute atomic E-state index is 0.120. The van der Waals surface area contributed by atoms with Gasteiger partial charge in [-0.15, -0.1) is 0 Å². The van der Waals surface area contributed by atoms with Crippen LogP contribution in [0, 0.1) is 23.7 Å². The largest absolute Gasteiger partial charge is 0.457 e. The molecular formula is C18H34O4. The Kier molecular flexibility index (Phi) is 6.46. The molecule has 1 N–H and O–H groups in total. The minimum Gasteiger partial charge on any atom is -0.457 e. The summed E-state index contributed by atoms with van der Waals surface area (Å²) in [5.41, 5.74) is -1.12. The molecule has 0 saturated carbocycles. The van der Waals surface area contributed by atoms with Crippen LogP contribution in [0.5, 0.6) is 0 Å². The van der Waals surface area contributed by atoms with E-state index in [-0.39, 0.29) is 18.2 Å². The quantitative estimate of drug-likeness (QED) is 0.790. The molecule has 4 heteroatoms. The number of hydrogen-bond donors (Lipinski definition) is 1. The molecule has 1 fully saturated rings. The third-order valence-corrected chi connectivity index (χ3v) is 4.73. The molecule has 0 radical (unpaired) electrons.